The van der Waals surface area contributed by atoms with Gasteiger partial charge in [-0.3, -0.25) is 9.67 Å². The summed E-state index contributed by atoms with van der Waals surface area (Å²) in [6, 6.07) is 9.46. The molecule has 142 valence electrons. The Labute approximate surface area is 160 Å². The van der Waals surface area contributed by atoms with Crippen molar-refractivity contribution in [2.24, 2.45) is 4.99 Å². The Morgan fingerprint density at radius 1 is 1.27 bits per heavy atom. The summed E-state index contributed by atoms with van der Waals surface area (Å²) in [6.07, 6.45) is 0.976. The fourth-order valence-corrected chi connectivity index (χ4v) is 2.71. The summed E-state index contributed by atoms with van der Waals surface area (Å²) in [5.74, 6) is 1.57. The Morgan fingerprint density at radius 3 is 2.62 bits per heavy atom. The minimum absolute atomic E-state index is 0.00410. The number of nitrogens with one attached hydrogen (secondary N) is 2. The predicted molar refractivity (Wildman–Crippen MR) is 107 cm³/mol. The van der Waals surface area contributed by atoms with Crippen LogP contribution < -0.4 is 15.4 Å². The number of ether oxygens (including phenoxy) is 1. The van der Waals surface area contributed by atoms with Gasteiger partial charge in [-0.2, -0.15) is 5.10 Å². The van der Waals surface area contributed by atoms with Gasteiger partial charge in [-0.25, -0.2) is 0 Å². The van der Waals surface area contributed by atoms with Crippen molar-refractivity contribution in [2.45, 2.75) is 39.8 Å². The fourth-order valence-electron chi connectivity index (χ4n) is 2.59. The first-order chi connectivity index (χ1) is 12.5. The summed E-state index contributed by atoms with van der Waals surface area (Å²) in [5.41, 5.74) is 2.25. The molecular weight excluding hydrogens is 350 g/mol. The van der Waals surface area contributed by atoms with Crippen molar-refractivity contribution in [3.05, 3.63) is 46.7 Å². The maximum Gasteiger partial charge on any atom is 0.191 e. The van der Waals surface area contributed by atoms with E-state index in [1.807, 2.05) is 42.8 Å². The molecule has 0 spiro atoms. The average molecular weight is 378 g/mol. The van der Waals surface area contributed by atoms with Crippen LogP contribution in [0.2, 0.25) is 5.02 Å². The zero-order chi connectivity index (χ0) is 18.9. The van der Waals surface area contributed by atoms with E-state index >= 15 is 0 Å². The molecule has 0 aliphatic carbocycles. The van der Waals surface area contributed by atoms with Crippen LogP contribution in [0.15, 0.2) is 35.3 Å². The van der Waals surface area contributed by atoms with Gasteiger partial charge >= 0.3 is 0 Å². The van der Waals surface area contributed by atoms with E-state index in [9.17, 15) is 0 Å². The lowest BCUT2D eigenvalue weighted by Gasteiger charge is -2.18. The third-order valence-electron chi connectivity index (χ3n) is 3.87. The molecule has 2 N–H and O–H groups in total. The second-order valence-electron chi connectivity index (χ2n) is 6.27. The molecule has 7 heteroatoms. The largest absolute Gasteiger partial charge is 0.489 e. The monoisotopic (exact) mass is 377 g/mol. The standard InChI is InChI=1S/C19H28ClN5O/c1-14-12-15(2)25(24-14)11-5-10-22-19(21-4)23-13-16(3)26-18-8-6-17(20)7-9-18/h6-9,12,16H,5,10-11,13H2,1-4H3,(H2,21,22,23). The highest BCUT2D eigenvalue weighted by atomic mass is 35.5. The van der Waals surface area contributed by atoms with Gasteiger partial charge in [0.05, 0.1) is 12.2 Å². The topological polar surface area (TPSA) is 63.5 Å². The zero-order valence-corrected chi connectivity index (χ0v) is 16.7. The number of aromatic nitrogens is 2. The quantitative estimate of drug-likeness (QED) is 0.421. The van der Waals surface area contributed by atoms with Crippen molar-refractivity contribution in [1.29, 1.82) is 0 Å². The van der Waals surface area contributed by atoms with E-state index in [2.05, 4.69) is 33.7 Å². The summed E-state index contributed by atoms with van der Waals surface area (Å²) >= 11 is 5.88. The Hall–Kier alpha value is -2.21. The number of benzene rings is 1. The minimum atomic E-state index is 0.00410. The lowest BCUT2D eigenvalue weighted by molar-refractivity contribution is 0.224. The molecule has 1 unspecified atom stereocenters. The summed E-state index contributed by atoms with van der Waals surface area (Å²) < 4.78 is 7.88. The molecule has 0 saturated heterocycles. The second-order valence-corrected chi connectivity index (χ2v) is 6.70. The van der Waals surface area contributed by atoms with Gasteiger partial charge in [0, 0.05) is 30.9 Å². The van der Waals surface area contributed by atoms with Gasteiger partial charge in [-0.15, -0.1) is 0 Å². The van der Waals surface area contributed by atoms with Crippen molar-refractivity contribution in [1.82, 2.24) is 20.4 Å². The van der Waals surface area contributed by atoms with Crippen LogP contribution in [0.4, 0.5) is 0 Å². The molecule has 2 rings (SSSR count). The van der Waals surface area contributed by atoms with Crippen molar-refractivity contribution in [3.8, 4) is 5.75 Å². The third kappa shape index (κ3) is 6.59. The zero-order valence-electron chi connectivity index (χ0n) is 15.9. The summed E-state index contributed by atoms with van der Waals surface area (Å²) in [7, 11) is 1.76. The fraction of sp³-hybridized carbons (Fsp3) is 0.474. The normalized spacial score (nSPS) is 12.7. The molecule has 1 heterocycles. The maximum absolute atomic E-state index is 5.88. The maximum atomic E-state index is 5.88. The molecule has 1 atom stereocenters. The molecular formula is C19H28ClN5O. The smallest absolute Gasteiger partial charge is 0.191 e. The van der Waals surface area contributed by atoms with E-state index in [0.717, 1.165) is 36.9 Å². The SMILES string of the molecule is CN=C(NCCCn1nc(C)cc1C)NCC(C)Oc1ccc(Cl)cc1. The number of aryl methyl sites for hydroxylation is 3. The summed E-state index contributed by atoms with van der Waals surface area (Å²) in [4.78, 5) is 4.24. The third-order valence-corrected chi connectivity index (χ3v) is 4.13. The molecule has 0 amide bonds. The van der Waals surface area contributed by atoms with Gasteiger partial charge in [0.2, 0.25) is 0 Å². The van der Waals surface area contributed by atoms with Gasteiger partial charge in [-0.05, 0) is 57.5 Å². The van der Waals surface area contributed by atoms with E-state index in [4.69, 9.17) is 16.3 Å². The van der Waals surface area contributed by atoms with Crippen LogP contribution in [-0.2, 0) is 6.54 Å². The van der Waals surface area contributed by atoms with Crippen LogP contribution in [0.25, 0.3) is 0 Å². The van der Waals surface area contributed by atoms with Crippen LogP contribution in [0.3, 0.4) is 0 Å². The van der Waals surface area contributed by atoms with Gasteiger partial charge in [0.25, 0.3) is 0 Å². The average Bonchev–Trinajstić information content (AvgIpc) is 2.93. The lowest BCUT2D eigenvalue weighted by atomic mass is 10.3. The van der Waals surface area contributed by atoms with E-state index < -0.39 is 0 Å². The number of aliphatic imine (C=N–C) groups is 1. The van der Waals surface area contributed by atoms with E-state index in [-0.39, 0.29) is 6.10 Å². The lowest BCUT2D eigenvalue weighted by Crippen LogP contribution is -2.42. The Kier molecular flexibility index (Phi) is 7.78. The van der Waals surface area contributed by atoms with Gasteiger partial charge in [0.1, 0.15) is 11.9 Å². The van der Waals surface area contributed by atoms with Crippen molar-refractivity contribution < 1.29 is 4.74 Å². The number of hydrogen-bond acceptors (Lipinski definition) is 3. The van der Waals surface area contributed by atoms with Crippen LogP contribution in [-0.4, -0.2) is 42.0 Å². The molecule has 2 aromatic rings. The molecule has 0 aliphatic rings. The molecule has 1 aromatic heterocycles. The molecule has 0 aliphatic heterocycles. The van der Waals surface area contributed by atoms with Crippen molar-refractivity contribution in [3.63, 3.8) is 0 Å². The Bertz CT molecular complexity index is 711. The summed E-state index contributed by atoms with van der Waals surface area (Å²) in [6.45, 7) is 8.47. The van der Waals surface area contributed by atoms with E-state index in [0.29, 0.717) is 11.6 Å². The number of halogens is 1. The molecule has 6 nitrogen and oxygen atoms in total. The van der Waals surface area contributed by atoms with Crippen LogP contribution in [0, 0.1) is 13.8 Å². The summed E-state index contributed by atoms with van der Waals surface area (Å²) in [5, 5.41) is 11.8. The van der Waals surface area contributed by atoms with Crippen LogP contribution >= 0.6 is 11.6 Å². The highest BCUT2D eigenvalue weighted by Crippen LogP contribution is 2.16. The predicted octanol–water partition coefficient (Wildman–Crippen LogP) is 3.18. The van der Waals surface area contributed by atoms with Gasteiger partial charge < -0.3 is 15.4 Å². The first-order valence-electron chi connectivity index (χ1n) is 8.85. The van der Waals surface area contributed by atoms with E-state index in [1.165, 1.54) is 5.69 Å². The molecule has 0 saturated carbocycles. The minimum Gasteiger partial charge on any atom is -0.489 e. The van der Waals surface area contributed by atoms with Crippen LogP contribution in [0.1, 0.15) is 24.7 Å². The number of guanidine groups is 1. The van der Waals surface area contributed by atoms with Gasteiger partial charge in [-0.1, -0.05) is 11.6 Å². The molecule has 0 radical (unpaired) electrons. The highest BCUT2D eigenvalue weighted by molar-refractivity contribution is 6.30. The number of nitrogens with zero attached hydrogens (tertiary/aromatic N) is 3. The Balaban J connectivity index is 1.67. The van der Waals surface area contributed by atoms with Gasteiger partial charge in [0.15, 0.2) is 5.96 Å². The number of rotatable bonds is 8. The second kappa shape index (κ2) is 10.1. The Morgan fingerprint density at radius 2 is 2.00 bits per heavy atom. The molecule has 0 fully saturated rings. The van der Waals surface area contributed by atoms with Crippen molar-refractivity contribution in [2.75, 3.05) is 20.1 Å². The molecule has 1 aromatic carbocycles. The van der Waals surface area contributed by atoms with Crippen LogP contribution in [0.5, 0.6) is 5.75 Å². The first-order valence-corrected chi connectivity index (χ1v) is 9.23. The highest BCUT2D eigenvalue weighted by Gasteiger charge is 2.06. The van der Waals surface area contributed by atoms with Crippen molar-refractivity contribution >= 4 is 17.6 Å². The molecule has 26 heavy (non-hydrogen) atoms. The van der Waals surface area contributed by atoms with E-state index in [1.54, 1.807) is 7.05 Å². The number of hydrogen-bond donors (Lipinski definition) is 2. The molecule has 0 bridgehead atoms. The first kappa shape index (κ1) is 20.1.